The summed E-state index contributed by atoms with van der Waals surface area (Å²) in [4.78, 5) is 4.90. The summed E-state index contributed by atoms with van der Waals surface area (Å²) in [6, 6.07) is 35.5. The van der Waals surface area contributed by atoms with E-state index in [9.17, 15) is 5.11 Å². The molecule has 4 aromatic rings. The summed E-state index contributed by atoms with van der Waals surface area (Å²) in [5.74, 6) is 1.32. The third-order valence-corrected chi connectivity index (χ3v) is 8.08. The molecule has 4 atom stereocenters. The van der Waals surface area contributed by atoms with E-state index in [2.05, 4.69) is 104 Å². The van der Waals surface area contributed by atoms with Crippen LogP contribution in [0.5, 0.6) is 5.75 Å². The Hall–Kier alpha value is -3.73. The van der Waals surface area contributed by atoms with Crippen LogP contribution in [-0.2, 0) is 0 Å². The van der Waals surface area contributed by atoms with Crippen LogP contribution in [0.4, 0.5) is 0 Å². The van der Waals surface area contributed by atoms with Crippen molar-refractivity contribution in [1.82, 2.24) is 5.32 Å². The molecule has 0 saturated heterocycles. The minimum atomic E-state index is -0.645. The van der Waals surface area contributed by atoms with Gasteiger partial charge in [0.25, 0.3) is 0 Å². The average Bonchev–Trinajstić information content (AvgIpc) is 3.46. The lowest BCUT2D eigenvalue weighted by atomic mass is 9.75. The molecule has 0 aromatic heterocycles. The smallest absolute Gasteiger partial charge is 0.127 e. The second kappa shape index (κ2) is 12.4. The molecule has 4 aromatic carbocycles. The Morgan fingerprint density at radius 1 is 0.821 bits per heavy atom. The van der Waals surface area contributed by atoms with Gasteiger partial charge in [0.05, 0.1) is 17.7 Å². The van der Waals surface area contributed by atoms with Crippen LogP contribution in [0.15, 0.2) is 120 Å². The number of aliphatic imine (C=N–C) groups is 1. The van der Waals surface area contributed by atoms with Crippen molar-refractivity contribution in [2.75, 3.05) is 13.2 Å². The predicted octanol–water partition coefficient (Wildman–Crippen LogP) is 7.00. The van der Waals surface area contributed by atoms with Crippen molar-refractivity contribution in [3.05, 3.63) is 126 Å². The van der Waals surface area contributed by atoms with Crippen molar-refractivity contribution in [2.45, 2.75) is 38.0 Å². The molecule has 0 aliphatic carbocycles. The van der Waals surface area contributed by atoms with Crippen LogP contribution in [0.3, 0.4) is 0 Å². The number of nitrogens with one attached hydrogen (secondary N) is 1. The van der Waals surface area contributed by atoms with Crippen LogP contribution in [-0.4, -0.2) is 36.1 Å². The lowest BCUT2D eigenvalue weighted by molar-refractivity contribution is 0.0717. The number of benzene rings is 4. The van der Waals surface area contributed by atoms with Gasteiger partial charge in [-0.2, -0.15) is 0 Å². The molecule has 1 heterocycles. The van der Waals surface area contributed by atoms with Gasteiger partial charge in [0.1, 0.15) is 12.4 Å². The number of hydrogen-bond acceptors (Lipinski definition) is 4. The average molecular weight is 519 g/mol. The molecular formula is C35H38N2O2. The predicted molar refractivity (Wildman–Crippen MR) is 161 cm³/mol. The molecule has 2 N–H and O–H groups in total. The van der Waals surface area contributed by atoms with Crippen molar-refractivity contribution in [1.29, 1.82) is 0 Å². The highest BCUT2D eigenvalue weighted by Gasteiger charge is 2.39. The van der Waals surface area contributed by atoms with Gasteiger partial charge in [-0.3, -0.25) is 4.99 Å². The lowest BCUT2D eigenvalue weighted by Gasteiger charge is -2.37. The monoisotopic (exact) mass is 518 g/mol. The number of ether oxygens (including phenoxy) is 1. The highest BCUT2D eigenvalue weighted by molar-refractivity contribution is 5.88. The molecule has 0 bridgehead atoms. The van der Waals surface area contributed by atoms with Crippen LogP contribution < -0.4 is 10.1 Å². The second-order valence-electron chi connectivity index (χ2n) is 10.7. The maximum Gasteiger partial charge on any atom is 0.127 e. The topological polar surface area (TPSA) is 53.8 Å². The fraction of sp³-hybridized carbons (Fsp3) is 0.286. The first-order valence-corrected chi connectivity index (χ1v) is 13.9. The summed E-state index contributed by atoms with van der Waals surface area (Å²) in [6.07, 6.45) is 5.89. The Kier molecular flexibility index (Phi) is 8.55. The summed E-state index contributed by atoms with van der Waals surface area (Å²) in [5.41, 5.74) is 2.04. The normalized spacial score (nSPS) is 18.9. The molecule has 0 radical (unpaired) electrons. The zero-order valence-electron chi connectivity index (χ0n) is 22.8. The van der Waals surface area contributed by atoms with Gasteiger partial charge >= 0.3 is 0 Å². The highest BCUT2D eigenvalue weighted by Crippen LogP contribution is 2.37. The SMILES string of the molecule is CC(CNC(c1ccccc1)c1ccccc1)C(C)C1(CC(O)COc2cccc3ccccc23)C=CC=N1. The van der Waals surface area contributed by atoms with Crippen LogP contribution in [0.2, 0.25) is 0 Å². The Morgan fingerprint density at radius 2 is 1.46 bits per heavy atom. The number of allylic oxidation sites excluding steroid dienone is 1. The Balaban J connectivity index is 1.24. The number of nitrogens with zero attached hydrogens (tertiary/aromatic N) is 1. The Bertz CT molecular complexity index is 1340. The van der Waals surface area contributed by atoms with Crippen LogP contribution in [0, 0.1) is 11.8 Å². The fourth-order valence-corrected chi connectivity index (χ4v) is 5.65. The third-order valence-electron chi connectivity index (χ3n) is 8.08. The Morgan fingerprint density at radius 3 is 2.13 bits per heavy atom. The van der Waals surface area contributed by atoms with Crippen molar-refractivity contribution in [3.63, 3.8) is 0 Å². The van der Waals surface area contributed by atoms with Gasteiger partial charge in [0.15, 0.2) is 0 Å². The zero-order chi connectivity index (χ0) is 27.1. The van der Waals surface area contributed by atoms with Gasteiger partial charge in [-0.15, -0.1) is 0 Å². The standard InChI is InChI=1S/C35H38N2O2/c1-26(24-36-34(29-14-5-3-6-15-29)30-16-7-4-8-17-30)27(2)35(21-12-22-37-35)23-31(38)25-39-33-20-11-18-28-13-9-10-19-32(28)33/h3-22,26-27,31,34,36,38H,23-25H2,1-2H3. The maximum absolute atomic E-state index is 11.1. The van der Waals surface area contributed by atoms with E-state index in [-0.39, 0.29) is 18.6 Å². The van der Waals surface area contributed by atoms with Gasteiger partial charge in [-0.1, -0.05) is 117 Å². The summed E-state index contributed by atoms with van der Waals surface area (Å²) in [7, 11) is 0. The lowest BCUT2D eigenvalue weighted by Crippen LogP contribution is -2.42. The summed E-state index contributed by atoms with van der Waals surface area (Å²) >= 11 is 0. The first-order chi connectivity index (χ1) is 19.1. The van der Waals surface area contributed by atoms with Crippen molar-refractivity contribution in [3.8, 4) is 5.75 Å². The first-order valence-electron chi connectivity index (χ1n) is 13.9. The molecule has 4 heteroatoms. The molecule has 0 amide bonds. The second-order valence-corrected chi connectivity index (χ2v) is 10.7. The van der Waals surface area contributed by atoms with Gasteiger partial charge in [0.2, 0.25) is 0 Å². The molecule has 200 valence electrons. The van der Waals surface area contributed by atoms with Gasteiger partial charge in [-0.25, -0.2) is 0 Å². The number of aliphatic hydroxyl groups is 1. The maximum atomic E-state index is 11.1. The van der Waals surface area contributed by atoms with Gasteiger partial charge < -0.3 is 15.2 Å². The van der Waals surface area contributed by atoms with E-state index in [0.29, 0.717) is 12.3 Å². The fourth-order valence-electron chi connectivity index (χ4n) is 5.65. The minimum absolute atomic E-state index is 0.111. The highest BCUT2D eigenvalue weighted by atomic mass is 16.5. The molecule has 39 heavy (non-hydrogen) atoms. The van der Waals surface area contributed by atoms with E-state index in [1.165, 1.54) is 11.1 Å². The molecule has 0 spiro atoms. The molecule has 0 fully saturated rings. The van der Waals surface area contributed by atoms with Crippen LogP contribution >= 0.6 is 0 Å². The minimum Gasteiger partial charge on any atom is -0.490 e. The van der Waals surface area contributed by atoms with Crippen LogP contribution in [0.25, 0.3) is 10.8 Å². The summed E-state index contributed by atoms with van der Waals surface area (Å²) in [6.45, 7) is 5.57. The summed E-state index contributed by atoms with van der Waals surface area (Å²) in [5, 5.41) is 17.1. The Labute approximate surface area is 232 Å². The van der Waals surface area contributed by atoms with Crippen molar-refractivity contribution < 1.29 is 9.84 Å². The third kappa shape index (κ3) is 6.30. The van der Waals surface area contributed by atoms with Crippen molar-refractivity contribution >= 4 is 17.0 Å². The molecule has 1 aliphatic rings. The van der Waals surface area contributed by atoms with E-state index in [0.717, 1.165) is 23.1 Å². The largest absolute Gasteiger partial charge is 0.490 e. The van der Waals surface area contributed by atoms with Crippen LogP contribution in [0.1, 0.15) is 37.4 Å². The van der Waals surface area contributed by atoms with Gasteiger partial charge in [-0.05, 0) is 47.0 Å². The quantitative estimate of drug-likeness (QED) is 0.212. The van der Waals surface area contributed by atoms with Gasteiger partial charge in [0, 0.05) is 18.0 Å². The summed E-state index contributed by atoms with van der Waals surface area (Å²) < 4.78 is 6.12. The van der Waals surface area contributed by atoms with E-state index < -0.39 is 11.6 Å². The number of fused-ring (bicyclic) bond motifs is 1. The number of hydrogen-bond donors (Lipinski definition) is 2. The number of rotatable bonds is 12. The van der Waals surface area contributed by atoms with E-state index in [1.807, 2.05) is 36.6 Å². The molecule has 5 rings (SSSR count). The van der Waals surface area contributed by atoms with E-state index in [1.54, 1.807) is 0 Å². The molecular weight excluding hydrogens is 480 g/mol. The molecule has 4 nitrogen and oxygen atoms in total. The molecule has 4 unspecified atom stereocenters. The van der Waals surface area contributed by atoms with E-state index in [4.69, 9.17) is 9.73 Å². The van der Waals surface area contributed by atoms with Crippen molar-refractivity contribution in [2.24, 2.45) is 16.8 Å². The molecule has 1 aliphatic heterocycles. The first kappa shape index (κ1) is 26.9. The zero-order valence-corrected chi connectivity index (χ0v) is 22.8. The molecule has 0 saturated carbocycles. The van der Waals surface area contributed by atoms with E-state index >= 15 is 0 Å². The number of aliphatic hydroxyl groups excluding tert-OH is 1.